The number of aliphatic imine (C=N–C) groups is 1. The minimum absolute atomic E-state index is 0.110. The molecule has 0 aromatic carbocycles. The molecule has 0 bridgehead atoms. The summed E-state index contributed by atoms with van der Waals surface area (Å²) in [6.45, 7) is 9.30. The van der Waals surface area contributed by atoms with Gasteiger partial charge in [-0.2, -0.15) is 0 Å². The van der Waals surface area contributed by atoms with E-state index >= 15 is 0 Å². The molecule has 1 heterocycles. The smallest absolute Gasteiger partial charge is 0.223 e. The van der Waals surface area contributed by atoms with Crippen LogP contribution in [0.2, 0.25) is 0 Å². The number of guanidine groups is 1. The van der Waals surface area contributed by atoms with Gasteiger partial charge in [0, 0.05) is 31.1 Å². The van der Waals surface area contributed by atoms with Crippen LogP contribution in [0.25, 0.3) is 0 Å². The SMILES string of the molecule is CCNC(=NCCC1=CCOCC1)NC1CCCC(C(=O)NC(C)C)C1. The van der Waals surface area contributed by atoms with Crippen LogP contribution in [0.3, 0.4) is 0 Å². The lowest BCUT2D eigenvalue weighted by Crippen LogP contribution is -2.47. The molecule has 1 saturated carbocycles. The zero-order chi connectivity index (χ0) is 18.8. The number of ether oxygens (including phenoxy) is 1. The molecule has 1 aliphatic carbocycles. The van der Waals surface area contributed by atoms with E-state index in [9.17, 15) is 4.79 Å². The third-order valence-electron chi connectivity index (χ3n) is 4.92. The summed E-state index contributed by atoms with van der Waals surface area (Å²) in [5.41, 5.74) is 1.44. The van der Waals surface area contributed by atoms with Gasteiger partial charge in [0.25, 0.3) is 0 Å². The Hall–Kier alpha value is -1.56. The van der Waals surface area contributed by atoms with Crippen molar-refractivity contribution >= 4 is 11.9 Å². The summed E-state index contributed by atoms with van der Waals surface area (Å²) in [6.07, 6.45) is 8.24. The number of nitrogens with one attached hydrogen (secondary N) is 3. The van der Waals surface area contributed by atoms with E-state index in [0.29, 0.717) is 6.04 Å². The molecule has 148 valence electrons. The Morgan fingerprint density at radius 2 is 2.23 bits per heavy atom. The first kappa shape index (κ1) is 20.7. The van der Waals surface area contributed by atoms with Crippen molar-refractivity contribution in [1.29, 1.82) is 0 Å². The van der Waals surface area contributed by atoms with Gasteiger partial charge in [-0.25, -0.2) is 0 Å². The molecule has 2 unspecified atom stereocenters. The highest BCUT2D eigenvalue weighted by Gasteiger charge is 2.27. The average molecular weight is 365 g/mol. The van der Waals surface area contributed by atoms with Gasteiger partial charge in [-0.15, -0.1) is 0 Å². The van der Waals surface area contributed by atoms with Crippen molar-refractivity contribution in [3.8, 4) is 0 Å². The van der Waals surface area contributed by atoms with Gasteiger partial charge in [-0.3, -0.25) is 9.79 Å². The van der Waals surface area contributed by atoms with Crippen molar-refractivity contribution in [2.45, 2.75) is 71.4 Å². The number of carbonyl (C=O) groups is 1. The first-order chi connectivity index (χ1) is 12.6. The fraction of sp³-hybridized carbons (Fsp3) is 0.800. The molecule has 1 amide bonds. The van der Waals surface area contributed by atoms with Crippen molar-refractivity contribution in [3.05, 3.63) is 11.6 Å². The summed E-state index contributed by atoms with van der Waals surface area (Å²) in [7, 11) is 0. The fourth-order valence-corrected chi connectivity index (χ4v) is 3.58. The Morgan fingerprint density at radius 3 is 2.92 bits per heavy atom. The van der Waals surface area contributed by atoms with Crippen LogP contribution in [0.4, 0.5) is 0 Å². The number of amides is 1. The predicted molar refractivity (Wildman–Crippen MR) is 106 cm³/mol. The molecule has 2 atom stereocenters. The first-order valence-corrected chi connectivity index (χ1v) is 10.2. The molecule has 0 aromatic heterocycles. The van der Waals surface area contributed by atoms with E-state index in [4.69, 9.17) is 9.73 Å². The lowest BCUT2D eigenvalue weighted by atomic mass is 9.85. The largest absolute Gasteiger partial charge is 0.377 e. The summed E-state index contributed by atoms with van der Waals surface area (Å²) in [6, 6.07) is 0.515. The van der Waals surface area contributed by atoms with E-state index < -0.39 is 0 Å². The van der Waals surface area contributed by atoms with E-state index in [1.165, 1.54) is 5.57 Å². The van der Waals surface area contributed by atoms with E-state index in [0.717, 1.165) is 70.8 Å². The molecule has 6 nitrogen and oxygen atoms in total. The highest BCUT2D eigenvalue weighted by molar-refractivity contribution is 5.81. The van der Waals surface area contributed by atoms with E-state index in [1.807, 2.05) is 13.8 Å². The number of hydrogen-bond acceptors (Lipinski definition) is 3. The molecule has 1 aliphatic heterocycles. The molecule has 3 N–H and O–H groups in total. The van der Waals surface area contributed by atoms with Crippen LogP contribution in [0, 0.1) is 5.92 Å². The van der Waals surface area contributed by atoms with Gasteiger partial charge in [0.2, 0.25) is 5.91 Å². The van der Waals surface area contributed by atoms with E-state index in [-0.39, 0.29) is 17.9 Å². The lowest BCUT2D eigenvalue weighted by Gasteiger charge is -2.30. The van der Waals surface area contributed by atoms with Crippen LogP contribution in [0.1, 0.15) is 59.3 Å². The molecule has 0 saturated heterocycles. The third kappa shape index (κ3) is 7.36. The second-order valence-corrected chi connectivity index (χ2v) is 7.57. The normalized spacial score (nSPS) is 24.2. The van der Waals surface area contributed by atoms with Gasteiger partial charge in [-0.05, 0) is 52.9 Å². The van der Waals surface area contributed by atoms with Crippen LogP contribution in [0.5, 0.6) is 0 Å². The van der Waals surface area contributed by atoms with Gasteiger partial charge < -0.3 is 20.7 Å². The average Bonchev–Trinajstić information content (AvgIpc) is 2.62. The highest BCUT2D eigenvalue weighted by Crippen LogP contribution is 2.24. The van der Waals surface area contributed by atoms with Crippen LogP contribution < -0.4 is 16.0 Å². The number of rotatable bonds is 7. The van der Waals surface area contributed by atoms with Crippen LogP contribution in [-0.4, -0.2) is 50.3 Å². The maximum Gasteiger partial charge on any atom is 0.223 e. The van der Waals surface area contributed by atoms with Crippen molar-refractivity contribution in [2.75, 3.05) is 26.3 Å². The Labute approximate surface area is 158 Å². The molecule has 0 spiro atoms. The first-order valence-electron chi connectivity index (χ1n) is 10.2. The van der Waals surface area contributed by atoms with Gasteiger partial charge in [0.15, 0.2) is 5.96 Å². The maximum atomic E-state index is 12.3. The highest BCUT2D eigenvalue weighted by atomic mass is 16.5. The van der Waals surface area contributed by atoms with Crippen LogP contribution >= 0.6 is 0 Å². The minimum atomic E-state index is 0.110. The molecule has 1 fully saturated rings. The van der Waals surface area contributed by atoms with Gasteiger partial charge in [-0.1, -0.05) is 18.1 Å². The molecular formula is C20H36N4O2. The minimum Gasteiger partial charge on any atom is -0.377 e. The number of hydrogen-bond donors (Lipinski definition) is 3. The van der Waals surface area contributed by atoms with Crippen molar-refractivity contribution in [3.63, 3.8) is 0 Å². The summed E-state index contributed by atoms with van der Waals surface area (Å²) in [4.78, 5) is 17.0. The molecule has 26 heavy (non-hydrogen) atoms. The summed E-state index contributed by atoms with van der Waals surface area (Å²) in [5, 5.41) is 9.94. The Morgan fingerprint density at radius 1 is 1.38 bits per heavy atom. The lowest BCUT2D eigenvalue weighted by molar-refractivity contribution is -0.126. The summed E-state index contributed by atoms with van der Waals surface area (Å²) in [5.74, 6) is 1.17. The van der Waals surface area contributed by atoms with Gasteiger partial charge in [0.1, 0.15) is 0 Å². The van der Waals surface area contributed by atoms with E-state index in [1.54, 1.807) is 0 Å². The molecule has 0 aromatic rings. The predicted octanol–water partition coefficient (Wildman–Crippen LogP) is 2.36. The summed E-state index contributed by atoms with van der Waals surface area (Å²) >= 11 is 0. The molecule has 2 aliphatic rings. The standard InChI is InChI=1S/C20H36N4O2/c1-4-21-20(22-11-8-16-9-12-26-13-10-16)24-18-7-5-6-17(14-18)19(25)23-15(2)3/h9,15,17-18H,4-8,10-14H2,1-3H3,(H,23,25)(H2,21,22,24). The van der Waals surface area contributed by atoms with Crippen LogP contribution in [-0.2, 0) is 9.53 Å². The molecule has 0 radical (unpaired) electrons. The Balaban J connectivity index is 1.84. The Kier molecular flexibility index (Phi) is 8.95. The third-order valence-corrected chi connectivity index (χ3v) is 4.92. The quantitative estimate of drug-likeness (QED) is 0.368. The van der Waals surface area contributed by atoms with Crippen molar-refractivity contribution in [1.82, 2.24) is 16.0 Å². The number of carbonyl (C=O) groups excluding carboxylic acids is 1. The van der Waals surface area contributed by atoms with Crippen molar-refractivity contribution < 1.29 is 9.53 Å². The van der Waals surface area contributed by atoms with Gasteiger partial charge in [0.05, 0.1) is 13.2 Å². The topological polar surface area (TPSA) is 74.8 Å². The maximum absolute atomic E-state index is 12.3. The van der Waals surface area contributed by atoms with Gasteiger partial charge >= 0.3 is 0 Å². The van der Waals surface area contributed by atoms with Crippen molar-refractivity contribution in [2.24, 2.45) is 10.9 Å². The number of nitrogens with zero attached hydrogens (tertiary/aromatic N) is 1. The Bertz CT molecular complexity index is 502. The second-order valence-electron chi connectivity index (χ2n) is 7.57. The van der Waals surface area contributed by atoms with Crippen LogP contribution in [0.15, 0.2) is 16.6 Å². The monoisotopic (exact) mass is 364 g/mol. The molecular weight excluding hydrogens is 328 g/mol. The summed E-state index contributed by atoms with van der Waals surface area (Å²) < 4.78 is 5.35. The second kappa shape index (κ2) is 11.2. The molecule has 6 heteroatoms. The molecule has 2 rings (SSSR count). The zero-order valence-corrected chi connectivity index (χ0v) is 16.6. The zero-order valence-electron chi connectivity index (χ0n) is 16.6. The van der Waals surface area contributed by atoms with E-state index in [2.05, 4.69) is 29.0 Å². The fourth-order valence-electron chi connectivity index (χ4n) is 3.58.